The lowest BCUT2D eigenvalue weighted by atomic mass is 10.0. The fourth-order valence-electron chi connectivity index (χ4n) is 1.47. The van der Waals surface area contributed by atoms with Crippen LogP contribution in [0.2, 0.25) is 0 Å². The van der Waals surface area contributed by atoms with E-state index in [-0.39, 0.29) is 0 Å². The molecule has 0 spiro atoms. The molecule has 0 aliphatic heterocycles. The van der Waals surface area contributed by atoms with Gasteiger partial charge in [0.25, 0.3) is 5.78 Å². The van der Waals surface area contributed by atoms with E-state index in [1.165, 1.54) is 7.11 Å². The van der Waals surface area contributed by atoms with Crippen molar-refractivity contribution in [1.82, 2.24) is 0 Å². The summed E-state index contributed by atoms with van der Waals surface area (Å²) in [6.07, 6.45) is 0.965. The predicted molar refractivity (Wildman–Crippen MR) is 61.3 cm³/mol. The molecule has 1 aromatic carbocycles. The molecule has 0 bridgehead atoms. The number of esters is 1. The van der Waals surface area contributed by atoms with Crippen molar-refractivity contribution in [2.75, 3.05) is 7.11 Å². The summed E-state index contributed by atoms with van der Waals surface area (Å²) >= 11 is 0. The third-order valence-electron chi connectivity index (χ3n) is 2.23. The first kappa shape index (κ1) is 12.4. The normalized spacial score (nSPS) is 10.2. The zero-order valence-electron chi connectivity index (χ0n) is 9.82. The van der Waals surface area contributed by atoms with Crippen LogP contribution in [0.25, 0.3) is 0 Å². The second-order valence-electron chi connectivity index (χ2n) is 4.12. The summed E-state index contributed by atoms with van der Waals surface area (Å²) < 4.78 is 4.37. The highest BCUT2D eigenvalue weighted by Crippen LogP contribution is 2.10. The molecule has 0 fully saturated rings. The van der Waals surface area contributed by atoms with Gasteiger partial charge in [0.2, 0.25) is 0 Å². The highest BCUT2D eigenvalue weighted by molar-refractivity contribution is 6.40. The van der Waals surface area contributed by atoms with Crippen molar-refractivity contribution in [2.24, 2.45) is 5.92 Å². The molecule has 0 saturated heterocycles. The zero-order valence-corrected chi connectivity index (χ0v) is 9.82. The van der Waals surface area contributed by atoms with E-state index in [1.54, 1.807) is 12.1 Å². The van der Waals surface area contributed by atoms with Gasteiger partial charge in [0.1, 0.15) is 0 Å². The van der Waals surface area contributed by atoms with Crippen LogP contribution in [0.5, 0.6) is 0 Å². The molecule has 0 heterocycles. The van der Waals surface area contributed by atoms with E-state index < -0.39 is 11.8 Å². The Labute approximate surface area is 95.4 Å². The Morgan fingerprint density at radius 1 is 1.19 bits per heavy atom. The van der Waals surface area contributed by atoms with Gasteiger partial charge in [-0.2, -0.15) is 0 Å². The van der Waals surface area contributed by atoms with Crippen molar-refractivity contribution in [1.29, 1.82) is 0 Å². The Morgan fingerprint density at radius 3 is 2.19 bits per heavy atom. The van der Waals surface area contributed by atoms with Crippen LogP contribution in [-0.2, 0) is 16.0 Å². The maximum atomic E-state index is 11.4. The number of ketones is 1. The maximum Gasteiger partial charge on any atom is 0.379 e. The number of carbonyl (C=O) groups is 2. The average molecular weight is 220 g/mol. The molecule has 0 radical (unpaired) electrons. The minimum atomic E-state index is -0.823. The lowest BCUT2D eigenvalue weighted by Gasteiger charge is -2.05. The Morgan fingerprint density at radius 2 is 1.75 bits per heavy atom. The molecule has 3 nitrogen and oxygen atoms in total. The number of methoxy groups -OCH3 is 1. The quantitative estimate of drug-likeness (QED) is 0.444. The van der Waals surface area contributed by atoms with Crippen LogP contribution in [0.4, 0.5) is 0 Å². The van der Waals surface area contributed by atoms with Crippen LogP contribution in [0.1, 0.15) is 29.8 Å². The van der Waals surface area contributed by atoms with Gasteiger partial charge in [-0.1, -0.05) is 38.1 Å². The summed E-state index contributed by atoms with van der Waals surface area (Å²) in [5.41, 5.74) is 1.54. The first-order chi connectivity index (χ1) is 7.54. The predicted octanol–water partition coefficient (Wildman–Crippen LogP) is 2.24. The van der Waals surface area contributed by atoms with Gasteiger partial charge in [-0.05, 0) is 17.9 Å². The number of hydrogen-bond donors (Lipinski definition) is 0. The van der Waals surface area contributed by atoms with E-state index in [0.717, 1.165) is 12.0 Å². The first-order valence-electron chi connectivity index (χ1n) is 5.26. The van der Waals surface area contributed by atoms with Gasteiger partial charge in [0.15, 0.2) is 0 Å². The number of Topliss-reactive ketones (excluding diaryl/α,β-unsaturated/α-hetero) is 1. The van der Waals surface area contributed by atoms with Crippen molar-refractivity contribution in [3.8, 4) is 0 Å². The van der Waals surface area contributed by atoms with Gasteiger partial charge in [-0.15, -0.1) is 0 Å². The molecular weight excluding hydrogens is 204 g/mol. The average Bonchev–Trinajstić information content (AvgIpc) is 2.27. The second kappa shape index (κ2) is 5.45. The standard InChI is InChI=1S/C13H16O3/c1-9(2)8-10-4-6-11(7-5-10)12(14)13(15)16-3/h4-7,9H,8H2,1-3H3. The van der Waals surface area contributed by atoms with Crippen LogP contribution in [0.15, 0.2) is 24.3 Å². The monoisotopic (exact) mass is 220 g/mol. The number of ether oxygens (including phenoxy) is 1. The molecule has 0 amide bonds. The van der Waals surface area contributed by atoms with E-state index >= 15 is 0 Å². The lowest BCUT2D eigenvalue weighted by Crippen LogP contribution is -2.15. The number of rotatable bonds is 4. The smallest absolute Gasteiger partial charge is 0.379 e. The fourth-order valence-corrected chi connectivity index (χ4v) is 1.47. The molecule has 0 atom stereocenters. The Hall–Kier alpha value is -1.64. The summed E-state index contributed by atoms with van der Waals surface area (Å²) in [5, 5.41) is 0. The molecule has 86 valence electrons. The highest BCUT2D eigenvalue weighted by Gasteiger charge is 2.15. The minimum absolute atomic E-state index is 0.374. The van der Waals surface area contributed by atoms with Crippen LogP contribution in [-0.4, -0.2) is 18.9 Å². The summed E-state index contributed by atoms with van der Waals surface area (Å²) in [7, 11) is 1.20. The third-order valence-corrected chi connectivity index (χ3v) is 2.23. The molecule has 0 saturated carbocycles. The van der Waals surface area contributed by atoms with Crippen molar-refractivity contribution < 1.29 is 14.3 Å². The van der Waals surface area contributed by atoms with Crippen LogP contribution < -0.4 is 0 Å². The lowest BCUT2D eigenvalue weighted by molar-refractivity contribution is -0.135. The molecular formula is C13H16O3. The summed E-state index contributed by atoms with van der Waals surface area (Å²) in [4.78, 5) is 22.4. The molecule has 3 heteroatoms. The third kappa shape index (κ3) is 3.19. The number of benzene rings is 1. The van der Waals surface area contributed by atoms with E-state index in [1.807, 2.05) is 12.1 Å². The van der Waals surface area contributed by atoms with Gasteiger partial charge < -0.3 is 4.74 Å². The van der Waals surface area contributed by atoms with Gasteiger partial charge in [0.05, 0.1) is 7.11 Å². The molecule has 0 aliphatic rings. The zero-order chi connectivity index (χ0) is 12.1. The second-order valence-corrected chi connectivity index (χ2v) is 4.12. The van der Waals surface area contributed by atoms with Gasteiger partial charge in [-0.3, -0.25) is 4.79 Å². The summed E-state index contributed by atoms with van der Waals surface area (Å²) in [6.45, 7) is 4.26. The van der Waals surface area contributed by atoms with Crippen LogP contribution >= 0.6 is 0 Å². The fraction of sp³-hybridized carbons (Fsp3) is 0.385. The van der Waals surface area contributed by atoms with Crippen molar-refractivity contribution in [2.45, 2.75) is 20.3 Å². The Kier molecular flexibility index (Phi) is 4.23. The number of hydrogen-bond acceptors (Lipinski definition) is 3. The molecule has 0 unspecified atom stereocenters. The topological polar surface area (TPSA) is 43.4 Å². The van der Waals surface area contributed by atoms with Crippen LogP contribution in [0, 0.1) is 5.92 Å². The molecule has 0 aliphatic carbocycles. The van der Waals surface area contributed by atoms with E-state index in [0.29, 0.717) is 11.5 Å². The molecule has 0 aromatic heterocycles. The first-order valence-corrected chi connectivity index (χ1v) is 5.26. The van der Waals surface area contributed by atoms with Crippen molar-refractivity contribution in [3.63, 3.8) is 0 Å². The van der Waals surface area contributed by atoms with Gasteiger partial charge in [-0.25, -0.2) is 4.79 Å². The summed E-state index contributed by atoms with van der Waals surface area (Å²) in [6, 6.07) is 7.07. The minimum Gasteiger partial charge on any atom is -0.463 e. The summed E-state index contributed by atoms with van der Waals surface area (Å²) in [5.74, 6) is -0.850. The SMILES string of the molecule is COC(=O)C(=O)c1ccc(CC(C)C)cc1. The molecule has 16 heavy (non-hydrogen) atoms. The molecule has 0 N–H and O–H groups in total. The van der Waals surface area contributed by atoms with Gasteiger partial charge >= 0.3 is 5.97 Å². The number of carbonyl (C=O) groups excluding carboxylic acids is 2. The Bertz CT molecular complexity index is 377. The van der Waals surface area contributed by atoms with E-state index in [9.17, 15) is 9.59 Å². The van der Waals surface area contributed by atoms with Crippen LogP contribution in [0.3, 0.4) is 0 Å². The van der Waals surface area contributed by atoms with Gasteiger partial charge in [0, 0.05) is 5.56 Å². The van der Waals surface area contributed by atoms with Crippen molar-refractivity contribution >= 4 is 11.8 Å². The maximum absolute atomic E-state index is 11.4. The van der Waals surface area contributed by atoms with Crippen molar-refractivity contribution in [3.05, 3.63) is 35.4 Å². The van der Waals surface area contributed by atoms with E-state index in [4.69, 9.17) is 0 Å². The Balaban J connectivity index is 2.78. The van der Waals surface area contributed by atoms with E-state index in [2.05, 4.69) is 18.6 Å². The molecule has 1 aromatic rings. The largest absolute Gasteiger partial charge is 0.463 e. The highest BCUT2D eigenvalue weighted by atomic mass is 16.5. The molecule has 1 rings (SSSR count).